The molecule has 0 saturated carbocycles. The van der Waals surface area contributed by atoms with Crippen molar-refractivity contribution in [3.63, 3.8) is 0 Å². The Bertz CT molecular complexity index is 1800. The fourth-order valence-electron chi connectivity index (χ4n) is 6.44. The molecule has 0 radical (unpaired) electrons. The minimum Gasteiger partial charge on any atom is -0.493 e. The maximum Gasteiger partial charge on any atom is 0.161 e. The molecule has 1 aliphatic heterocycles. The first-order chi connectivity index (χ1) is 20.6. The van der Waals surface area contributed by atoms with Gasteiger partial charge in [-0.3, -0.25) is 4.90 Å². The number of ether oxygens (including phenoxy) is 2. The molecule has 1 aliphatic carbocycles. The quantitative estimate of drug-likeness (QED) is 0.204. The first-order valence-corrected chi connectivity index (χ1v) is 15.2. The average molecular weight is 568 g/mol. The molecule has 4 heteroatoms. The van der Waals surface area contributed by atoms with E-state index in [4.69, 9.17) is 9.47 Å². The van der Waals surface area contributed by atoms with Gasteiger partial charge in [0.05, 0.1) is 20.3 Å². The smallest absolute Gasteiger partial charge is 0.161 e. The number of thiophene rings is 1. The van der Waals surface area contributed by atoms with Crippen LogP contribution in [0.15, 0.2) is 109 Å². The summed E-state index contributed by atoms with van der Waals surface area (Å²) in [5, 5.41) is 2.17. The summed E-state index contributed by atoms with van der Waals surface area (Å²) in [6.45, 7) is 3.77. The second-order valence-corrected chi connectivity index (χ2v) is 11.9. The fraction of sp³-hybridized carbons (Fsp3) is 0.158. The zero-order valence-electron chi connectivity index (χ0n) is 24.1. The molecule has 4 aromatic carbocycles. The molecule has 42 heavy (non-hydrogen) atoms. The Hall–Kier alpha value is -4.38. The highest BCUT2D eigenvalue weighted by atomic mass is 32.1. The van der Waals surface area contributed by atoms with Gasteiger partial charge in [-0.2, -0.15) is 0 Å². The summed E-state index contributed by atoms with van der Waals surface area (Å²) in [5.41, 5.74) is 12.7. The third kappa shape index (κ3) is 4.67. The van der Waals surface area contributed by atoms with Crippen LogP contribution in [0, 0.1) is 6.92 Å². The molecule has 5 aromatic rings. The van der Waals surface area contributed by atoms with Gasteiger partial charge < -0.3 is 9.47 Å². The highest BCUT2D eigenvalue weighted by molar-refractivity contribution is 7.11. The van der Waals surface area contributed by atoms with E-state index in [0.717, 1.165) is 24.6 Å². The lowest BCUT2D eigenvalue weighted by Crippen LogP contribution is -2.34. The molecular formula is C38H33NO2S. The van der Waals surface area contributed by atoms with Crippen LogP contribution >= 0.6 is 11.3 Å². The van der Waals surface area contributed by atoms with E-state index in [2.05, 4.69) is 126 Å². The maximum atomic E-state index is 5.89. The van der Waals surface area contributed by atoms with Crippen molar-refractivity contribution in [1.82, 2.24) is 4.90 Å². The molecule has 2 heterocycles. The number of hydrogen-bond donors (Lipinski definition) is 0. The third-order valence-electron chi connectivity index (χ3n) is 8.39. The highest BCUT2D eigenvalue weighted by Crippen LogP contribution is 2.54. The van der Waals surface area contributed by atoms with E-state index in [-0.39, 0.29) is 6.04 Å². The number of benzene rings is 4. The molecule has 3 nitrogen and oxygen atoms in total. The molecule has 0 fully saturated rings. The molecule has 1 atom stereocenters. The van der Waals surface area contributed by atoms with Gasteiger partial charge in [-0.1, -0.05) is 90.5 Å². The maximum absolute atomic E-state index is 5.89. The second-order valence-electron chi connectivity index (χ2n) is 11.0. The Labute approximate surface area is 252 Å². The molecule has 0 spiro atoms. The molecule has 1 aromatic heterocycles. The summed E-state index contributed by atoms with van der Waals surface area (Å²) >= 11 is 1.80. The lowest BCUT2D eigenvalue weighted by Gasteiger charge is -2.41. The fourth-order valence-corrected chi connectivity index (χ4v) is 7.19. The van der Waals surface area contributed by atoms with E-state index < -0.39 is 0 Å². The van der Waals surface area contributed by atoms with Crippen molar-refractivity contribution in [1.29, 1.82) is 0 Å². The van der Waals surface area contributed by atoms with Gasteiger partial charge in [0.15, 0.2) is 11.5 Å². The predicted molar refractivity (Wildman–Crippen MR) is 175 cm³/mol. The Kier molecular flexibility index (Phi) is 7.02. The number of aryl methyl sites for hydroxylation is 1. The first kappa shape index (κ1) is 26.5. The lowest BCUT2D eigenvalue weighted by molar-refractivity contribution is 0.211. The minimum atomic E-state index is 0.0286. The SMILES string of the molecule is COc1cc2c(cc1OC)/C(=C1\C(c3cccs3)=Cc3ccccc31)C(c1ccc(C)cc1)N(Cc1ccccc1)C2. The third-order valence-corrected chi connectivity index (χ3v) is 9.29. The molecule has 2 aliphatic rings. The standard InChI is InChI=1S/C38H33NO2S/c1-25-15-17-27(18-16-25)38-37(36-30-13-8-7-12-28(30)20-32(36)35-14-9-19-42-35)31-22-34(41-3)33(40-2)21-29(31)24-39(38)23-26-10-5-4-6-11-26/h4-22,38H,23-24H2,1-3H3/b37-36+. The molecule has 7 rings (SSSR count). The monoisotopic (exact) mass is 567 g/mol. The van der Waals surface area contributed by atoms with E-state index in [1.807, 2.05) is 0 Å². The number of nitrogens with zero attached hydrogens (tertiary/aromatic N) is 1. The molecule has 0 amide bonds. The van der Waals surface area contributed by atoms with Gasteiger partial charge in [-0.15, -0.1) is 11.3 Å². The van der Waals surface area contributed by atoms with E-state index in [1.54, 1.807) is 25.6 Å². The molecular weight excluding hydrogens is 534 g/mol. The topological polar surface area (TPSA) is 21.7 Å². The van der Waals surface area contributed by atoms with Crippen LogP contribution in [0.2, 0.25) is 0 Å². The zero-order valence-corrected chi connectivity index (χ0v) is 24.9. The van der Waals surface area contributed by atoms with Gasteiger partial charge in [0.1, 0.15) is 0 Å². The normalized spacial score (nSPS) is 17.9. The first-order valence-electron chi connectivity index (χ1n) is 14.3. The summed E-state index contributed by atoms with van der Waals surface area (Å²) in [4.78, 5) is 3.89. The van der Waals surface area contributed by atoms with E-state index in [0.29, 0.717) is 0 Å². The summed E-state index contributed by atoms with van der Waals surface area (Å²) < 4.78 is 11.7. The van der Waals surface area contributed by atoms with Gasteiger partial charge in [0.25, 0.3) is 0 Å². The summed E-state index contributed by atoms with van der Waals surface area (Å²) in [5.74, 6) is 1.51. The Morgan fingerprint density at radius 1 is 0.786 bits per heavy atom. The van der Waals surface area contributed by atoms with Gasteiger partial charge >= 0.3 is 0 Å². The van der Waals surface area contributed by atoms with Gasteiger partial charge in [-0.05, 0) is 81.1 Å². The van der Waals surface area contributed by atoms with Crippen LogP contribution in [0.25, 0.3) is 22.8 Å². The van der Waals surface area contributed by atoms with Crippen LogP contribution in [0.5, 0.6) is 11.5 Å². The van der Waals surface area contributed by atoms with Crippen molar-refractivity contribution >= 4 is 34.1 Å². The number of allylic oxidation sites excluding steroid dienone is 2. The van der Waals surface area contributed by atoms with Crippen LogP contribution in [0.4, 0.5) is 0 Å². The number of methoxy groups -OCH3 is 2. The molecule has 208 valence electrons. The van der Waals surface area contributed by atoms with Crippen molar-refractivity contribution in [2.45, 2.75) is 26.1 Å². The van der Waals surface area contributed by atoms with Crippen LogP contribution in [0.3, 0.4) is 0 Å². The number of hydrogen-bond acceptors (Lipinski definition) is 4. The Morgan fingerprint density at radius 3 is 2.26 bits per heavy atom. The van der Waals surface area contributed by atoms with Gasteiger partial charge in [0.2, 0.25) is 0 Å². The van der Waals surface area contributed by atoms with Gasteiger partial charge in [0, 0.05) is 23.5 Å². The largest absolute Gasteiger partial charge is 0.493 e. The molecule has 1 unspecified atom stereocenters. The van der Waals surface area contributed by atoms with Crippen LogP contribution in [-0.2, 0) is 13.1 Å². The summed E-state index contributed by atoms with van der Waals surface area (Å²) in [6.07, 6.45) is 2.37. The van der Waals surface area contributed by atoms with E-state index >= 15 is 0 Å². The van der Waals surface area contributed by atoms with Crippen LogP contribution in [-0.4, -0.2) is 19.1 Å². The van der Waals surface area contributed by atoms with Crippen molar-refractivity contribution in [3.05, 3.63) is 152 Å². The lowest BCUT2D eigenvalue weighted by atomic mass is 9.79. The van der Waals surface area contributed by atoms with Crippen molar-refractivity contribution in [2.75, 3.05) is 14.2 Å². The van der Waals surface area contributed by atoms with E-state index in [1.165, 1.54) is 60.5 Å². The molecule has 0 saturated heterocycles. The number of fused-ring (bicyclic) bond motifs is 2. The van der Waals surface area contributed by atoms with Crippen molar-refractivity contribution in [2.24, 2.45) is 0 Å². The van der Waals surface area contributed by atoms with Crippen LogP contribution < -0.4 is 9.47 Å². The molecule has 0 bridgehead atoms. The molecule has 0 N–H and O–H groups in total. The highest BCUT2D eigenvalue weighted by Gasteiger charge is 2.37. The van der Waals surface area contributed by atoms with Crippen molar-refractivity contribution < 1.29 is 9.47 Å². The van der Waals surface area contributed by atoms with Gasteiger partial charge in [-0.25, -0.2) is 0 Å². The average Bonchev–Trinajstić information content (AvgIpc) is 3.69. The van der Waals surface area contributed by atoms with Crippen LogP contribution in [0.1, 0.15) is 49.9 Å². The predicted octanol–water partition coefficient (Wildman–Crippen LogP) is 9.30. The minimum absolute atomic E-state index is 0.0286. The second kappa shape index (κ2) is 11.1. The summed E-state index contributed by atoms with van der Waals surface area (Å²) in [7, 11) is 3.44. The summed E-state index contributed by atoms with van der Waals surface area (Å²) in [6, 6.07) is 37.5. The Balaban J connectivity index is 1.57. The van der Waals surface area contributed by atoms with E-state index in [9.17, 15) is 0 Å². The zero-order chi connectivity index (χ0) is 28.6. The van der Waals surface area contributed by atoms with Crippen molar-refractivity contribution in [3.8, 4) is 11.5 Å². The Morgan fingerprint density at radius 2 is 1.52 bits per heavy atom. The number of rotatable bonds is 6.